The summed E-state index contributed by atoms with van der Waals surface area (Å²) in [7, 11) is 0. The summed E-state index contributed by atoms with van der Waals surface area (Å²) >= 11 is 5.90. The van der Waals surface area contributed by atoms with E-state index in [9.17, 15) is 4.79 Å². The highest BCUT2D eigenvalue weighted by Gasteiger charge is 2.29. The van der Waals surface area contributed by atoms with Gasteiger partial charge in [-0.1, -0.05) is 23.7 Å². The van der Waals surface area contributed by atoms with Crippen molar-refractivity contribution in [1.82, 2.24) is 5.32 Å². The molecule has 1 aromatic carbocycles. The Morgan fingerprint density at radius 2 is 1.74 bits per heavy atom. The summed E-state index contributed by atoms with van der Waals surface area (Å²) in [5.41, 5.74) is 0.352. The van der Waals surface area contributed by atoms with E-state index in [0.717, 1.165) is 18.4 Å². The quantitative estimate of drug-likeness (QED) is 0.518. The summed E-state index contributed by atoms with van der Waals surface area (Å²) < 4.78 is 11.0. The molecule has 0 aromatic heterocycles. The summed E-state index contributed by atoms with van der Waals surface area (Å²) in [6.45, 7) is 9.57. The first kappa shape index (κ1) is 19.9. The first-order valence-corrected chi connectivity index (χ1v) is 8.57. The van der Waals surface area contributed by atoms with Crippen LogP contribution in [0.5, 0.6) is 0 Å². The van der Waals surface area contributed by atoms with E-state index >= 15 is 0 Å². The van der Waals surface area contributed by atoms with Gasteiger partial charge in [0.05, 0.1) is 5.41 Å². The lowest BCUT2D eigenvalue weighted by atomic mass is 9.84. The van der Waals surface area contributed by atoms with Crippen molar-refractivity contribution >= 4 is 17.5 Å². The molecule has 23 heavy (non-hydrogen) atoms. The minimum Gasteiger partial charge on any atom is -0.355 e. The van der Waals surface area contributed by atoms with Gasteiger partial charge < -0.3 is 14.8 Å². The van der Waals surface area contributed by atoms with Gasteiger partial charge in [-0.3, -0.25) is 4.79 Å². The Kier molecular flexibility index (Phi) is 8.59. The van der Waals surface area contributed by atoms with Crippen molar-refractivity contribution in [2.24, 2.45) is 0 Å². The van der Waals surface area contributed by atoms with Crippen molar-refractivity contribution in [2.45, 2.75) is 52.2 Å². The molecular formula is C18H28ClNO3. The number of benzene rings is 1. The summed E-state index contributed by atoms with van der Waals surface area (Å²) in [6.07, 6.45) is 1.39. The van der Waals surface area contributed by atoms with Crippen molar-refractivity contribution in [3.63, 3.8) is 0 Å². The van der Waals surface area contributed by atoms with E-state index in [-0.39, 0.29) is 12.2 Å². The van der Waals surface area contributed by atoms with Crippen LogP contribution in [0.3, 0.4) is 0 Å². The van der Waals surface area contributed by atoms with Gasteiger partial charge in [-0.2, -0.15) is 0 Å². The predicted octanol–water partition coefficient (Wildman–Crippen LogP) is 3.91. The fourth-order valence-corrected chi connectivity index (χ4v) is 2.40. The highest BCUT2D eigenvalue weighted by Crippen LogP contribution is 2.24. The lowest BCUT2D eigenvalue weighted by Crippen LogP contribution is -2.40. The maximum absolute atomic E-state index is 12.4. The molecule has 0 aliphatic heterocycles. The Hall–Kier alpha value is -1.10. The first-order chi connectivity index (χ1) is 10.9. The smallest absolute Gasteiger partial charge is 0.230 e. The molecule has 0 atom stereocenters. The van der Waals surface area contributed by atoms with Gasteiger partial charge in [0, 0.05) is 31.2 Å². The fourth-order valence-electron chi connectivity index (χ4n) is 2.28. The summed E-state index contributed by atoms with van der Waals surface area (Å²) in [5.74, 6) is 0.00388. The van der Waals surface area contributed by atoms with Crippen LogP contribution in [0.15, 0.2) is 24.3 Å². The molecule has 0 saturated carbocycles. The van der Waals surface area contributed by atoms with E-state index in [4.69, 9.17) is 21.1 Å². The average molecular weight is 342 g/mol. The number of rotatable bonds is 10. The molecule has 1 amide bonds. The molecule has 130 valence electrons. The molecule has 0 radical (unpaired) electrons. The van der Waals surface area contributed by atoms with Crippen molar-refractivity contribution in [2.75, 3.05) is 19.8 Å². The van der Waals surface area contributed by atoms with Gasteiger partial charge in [0.15, 0.2) is 6.29 Å². The molecule has 1 rings (SSSR count). The van der Waals surface area contributed by atoms with Gasteiger partial charge in [0.1, 0.15) is 0 Å². The fraction of sp³-hybridized carbons (Fsp3) is 0.611. The molecule has 0 aliphatic carbocycles. The molecule has 0 fully saturated rings. The normalized spacial score (nSPS) is 11.7. The molecule has 0 unspecified atom stereocenters. The van der Waals surface area contributed by atoms with Crippen LogP contribution in [0.2, 0.25) is 5.02 Å². The van der Waals surface area contributed by atoms with Crippen LogP contribution in [0.4, 0.5) is 0 Å². The molecular weight excluding hydrogens is 314 g/mol. The van der Waals surface area contributed by atoms with E-state index in [0.29, 0.717) is 24.8 Å². The highest BCUT2D eigenvalue weighted by atomic mass is 35.5. The van der Waals surface area contributed by atoms with E-state index in [1.54, 1.807) is 12.1 Å². The van der Waals surface area contributed by atoms with Gasteiger partial charge >= 0.3 is 0 Å². The Balaban J connectivity index is 2.44. The number of hydrogen-bond acceptors (Lipinski definition) is 3. The Labute approximate surface area is 144 Å². The van der Waals surface area contributed by atoms with Crippen LogP contribution < -0.4 is 5.32 Å². The van der Waals surface area contributed by atoms with Crippen LogP contribution in [-0.2, 0) is 19.7 Å². The Morgan fingerprint density at radius 1 is 1.17 bits per heavy atom. The third-order valence-electron chi connectivity index (χ3n) is 3.74. The number of ether oxygens (including phenoxy) is 2. The maximum Gasteiger partial charge on any atom is 0.230 e. The van der Waals surface area contributed by atoms with Crippen molar-refractivity contribution < 1.29 is 14.3 Å². The minimum atomic E-state index is -0.593. The topological polar surface area (TPSA) is 47.6 Å². The molecule has 0 aliphatic rings. The second-order valence-electron chi connectivity index (χ2n) is 5.87. The molecule has 1 aromatic rings. The summed E-state index contributed by atoms with van der Waals surface area (Å²) in [5, 5.41) is 3.66. The number of carbonyl (C=O) groups excluding carboxylic acids is 1. The largest absolute Gasteiger partial charge is 0.355 e. The third kappa shape index (κ3) is 6.50. The molecule has 0 saturated heterocycles. The van der Waals surface area contributed by atoms with Crippen LogP contribution in [-0.4, -0.2) is 32.0 Å². The molecule has 0 spiro atoms. The van der Waals surface area contributed by atoms with E-state index in [2.05, 4.69) is 5.32 Å². The molecule has 0 bridgehead atoms. The monoisotopic (exact) mass is 341 g/mol. The van der Waals surface area contributed by atoms with E-state index in [1.165, 1.54) is 0 Å². The maximum atomic E-state index is 12.4. The SMILES string of the molecule is CCOC(CCCNC(=O)C(C)(C)c1ccc(Cl)cc1)OCC. The van der Waals surface area contributed by atoms with Crippen molar-refractivity contribution in [3.05, 3.63) is 34.9 Å². The Bertz CT molecular complexity index is 468. The zero-order chi connectivity index (χ0) is 17.3. The van der Waals surface area contributed by atoms with Gasteiger partial charge in [-0.15, -0.1) is 0 Å². The predicted molar refractivity (Wildman–Crippen MR) is 93.8 cm³/mol. The van der Waals surface area contributed by atoms with Crippen molar-refractivity contribution in [1.29, 1.82) is 0 Å². The number of carbonyl (C=O) groups is 1. The summed E-state index contributed by atoms with van der Waals surface area (Å²) in [6, 6.07) is 7.39. The average Bonchev–Trinajstić information content (AvgIpc) is 2.52. The number of amides is 1. The number of halogens is 1. The first-order valence-electron chi connectivity index (χ1n) is 8.19. The number of hydrogen-bond donors (Lipinski definition) is 1. The number of nitrogens with one attached hydrogen (secondary N) is 1. The lowest BCUT2D eigenvalue weighted by Gasteiger charge is -2.24. The second-order valence-corrected chi connectivity index (χ2v) is 6.31. The van der Waals surface area contributed by atoms with Gasteiger partial charge in [0.25, 0.3) is 0 Å². The van der Waals surface area contributed by atoms with Crippen LogP contribution in [0.25, 0.3) is 0 Å². The van der Waals surface area contributed by atoms with Crippen molar-refractivity contribution in [3.8, 4) is 0 Å². The summed E-state index contributed by atoms with van der Waals surface area (Å²) in [4.78, 5) is 12.4. The minimum absolute atomic E-state index is 0.00388. The van der Waals surface area contributed by atoms with Gasteiger partial charge in [0.2, 0.25) is 5.91 Å². The second kappa shape index (κ2) is 9.91. The lowest BCUT2D eigenvalue weighted by molar-refractivity contribution is -0.140. The zero-order valence-electron chi connectivity index (χ0n) is 14.5. The van der Waals surface area contributed by atoms with E-state index < -0.39 is 5.41 Å². The van der Waals surface area contributed by atoms with Crippen LogP contribution in [0, 0.1) is 0 Å². The molecule has 1 N–H and O–H groups in total. The molecule has 5 heteroatoms. The third-order valence-corrected chi connectivity index (χ3v) is 3.99. The van der Waals surface area contributed by atoms with Crippen LogP contribution in [0.1, 0.15) is 46.1 Å². The standard InChI is InChI=1S/C18H28ClNO3/c1-5-22-16(23-6-2)8-7-13-20-17(21)18(3,4)14-9-11-15(19)12-10-14/h9-12,16H,5-8,13H2,1-4H3,(H,20,21). The molecule has 4 nitrogen and oxygen atoms in total. The Morgan fingerprint density at radius 3 is 2.26 bits per heavy atom. The van der Waals surface area contributed by atoms with Gasteiger partial charge in [-0.25, -0.2) is 0 Å². The highest BCUT2D eigenvalue weighted by molar-refractivity contribution is 6.30. The van der Waals surface area contributed by atoms with Crippen LogP contribution >= 0.6 is 11.6 Å². The van der Waals surface area contributed by atoms with Gasteiger partial charge in [-0.05, 0) is 51.8 Å². The van der Waals surface area contributed by atoms with E-state index in [1.807, 2.05) is 39.8 Å². The molecule has 0 heterocycles. The zero-order valence-corrected chi connectivity index (χ0v) is 15.3.